The maximum Gasteiger partial charge on any atom is 0.174 e. The highest BCUT2D eigenvalue weighted by atomic mass is 79.9. The molecule has 1 N–H and O–H groups in total. The van der Waals surface area contributed by atoms with Crippen LogP contribution in [0.25, 0.3) is 0 Å². The number of hydrogen-bond donors (Lipinski definition) is 1. The number of rotatable bonds is 7. The first-order chi connectivity index (χ1) is 17.0. The molecule has 1 aromatic carbocycles. The van der Waals surface area contributed by atoms with Gasteiger partial charge in [0, 0.05) is 53.9 Å². The summed E-state index contributed by atoms with van der Waals surface area (Å²) in [4.78, 5) is 9.45. The molecular weight excluding hydrogens is 522 g/mol. The summed E-state index contributed by atoms with van der Waals surface area (Å²) in [5.74, 6) is 0. The molecule has 2 saturated heterocycles. The van der Waals surface area contributed by atoms with E-state index < -0.39 is 0 Å². The Balaban J connectivity index is 1.46. The number of benzene rings is 1. The van der Waals surface area contributed by atoms with Gasteiger partial charge < -0.3 is 19.5 Å². The fourth-order valence-corrected chi connectivity index (χ4v) is 5.91. The molecule has 4 heterocycles. The average Bonchev–Trinajstić information content (AvgIpc) is 3.36. The molecule has 2 aromatic heterocycles. The highest BCUT2D eigenvalue weighted by Gasteiger charge is 2.42. The highest BCUT2D eigenvalue weighted by molar-refractivity contribution is 9.10. The van der Waals surface area contributed by atoms with Gasteiger partial charge in [0.2, 0.25) is 0 Å². The third kappa shape index (κ3) is 5.16. The minimum Gasteiger partial charge on any atom is -0.379 e. The lowest BCUT2D eigenvalue weighted by Crippen LogP contribution is -2.37. The van der Waals surface area contributed by atoms with Crippen LogP contribution in [0.2, 0.25) is 0 Å². The number of nitrogens with zero attached hydrogens (tertiary/aromatic N) is 4. The van der Waals surface area contributed by atoms with Crippen molar-refractivity contribution in [3.63, 3.8) is 0 Å². The number of halogens is 1. The summed E-state index contributed by atoms with van der Waals surface area (Å²) in [6.45, 7) is 10.3. The molecule has 35 heavy (non-hydrogen) atoms. The summed E-state index contributed by atoms with van der Waals surface area (Å²) in [6, 6.07) is 16.8. The normalized spacial score (nSPS) is 20.9. The summed E-state index contributed by atoms with van der Waals surface area (Å²) in [6.07, 6.45) is 2.98. The summed E-state index contributed by atoms with van der Waals surface area (Å²) >= 11 is 9.45. The van der Waals surface area contributed by atoms with Crippen LogP contribution in [0.1, 0.15) is 41.1 Å². The van der Waals surface area contributed by atoms with E-state index in [1.165, 1.54) is 17.0 Å². The van der Waals surface area contributed by atoms with Gasteiger partial charge in [0.15, 0.2) is 5.11 Å². The predicted molar refractivity (Wildman–Crippen MR) is 148 cm³/mol. The van der Waals surface area contributed by atoms with Gasteiger partial charge in [0.1, 0.15) is 0 Å². The molecule has 0 unspecified atom stereocenters. The second-order valence-corrected chi connectivity index (χ2v) is 10.6. The van der Waals surface area contributed by atoms with Crippen molar-refractivity contribution in [1.82, 2.24) is 19.8 Å². The maximum absolute atomic E-state index is 5.89. The van der Waals surface area contributed by atoms with Gasteiger partial charge in [0.05, 0.1) is 31.0 Å². The average molecular weight is 555 g/mol. The van der Waals surface area contributed by atoms with Crippen LogP contribution in [0.3, 0.4) is 0 Å². The van der Waals surface area contributed by atoms with Crippen LogP contribution in [0, 0.1) is 13.8 Å². The molecule has 0 amide bonds. The van der Waals surface area contributed by atoms with Gasteiger partial charge in [-0.2, -0.15) is 0 Å². The molecule has 3 aromatic rings. The second kappa shape index (κ2) is 10.8. The molecule has 0 bridgehead atoms. The smallest absolute Gasteiger partial charge is 0.174 e. The first-order valence-corrected chi connectivity index (χ1v) is 13.5. The zero-order chi connectivity index (χ0) is 24.4. The lowest BCUT2D eigenvalue weighted by atomic mass is 9.96. The van der Waals surface area contributed by atoms with Crippen molar-refractivity contribution >= 4 is 38.9 Å². The molecule has 8 heteroatoms. The van der Waals surface area contributed by atoms with E-state index in [1.54, 1.807) is 0 Å². The lowest BCUT2D eigenvalue weighted by Gasteiger charge is -2.28. The van der Waals surface area contributed by atoms with Crippen molar-refractivity contribution in [3.05, 3.63) is 81.8 Å². The Morgan fingerprint density at radius 2 is 1.86 bits per heavy atom. The summed E-state index contributed by atoms with van der Waals surface area (Å²) in [7, 11) is 0. The van der Waals surface area contributed by atoms with E-state index >= 15 is 0 Å². The number of nitrogens with one attached hydrogen (secondary N) is 1. The molecule has 6 nitrogen and oxygen atoms in total. The van der Waals surface area contributed by atoms with E-state index in [4.69, 9.17) is 21.9 Å². The first kappa shape index (κ1) is 24.4. The van der Waals surface area contributed by atoms with Gasteiger partial charge in [0.25, 0.3) is 0 Å². The quantitative estimate of drug-likeness (QED) is 0.407. The van der Waals surface area contributed by atoms with Crippen LogP contribution in [0.15, 0.2) is 59.2 Å². The Hall–Kier alpha value is -2.26. The lowest BCUT2D eigenvalue weighted by molar-refractivity contribution is 0.0369. The fraction of sp³-hybridized carbons (Fsp3) is 0.407. The van der Waals surface area contributed by atoms with E-state index in [2.05, 4.69) is 85.9 Å². The molecule has 0 saturated carbocycles. The minimum absolute atomic E-state index is 0.0118. The molecule has 0 spiro atoms. The number of thiocarbonyl (C=S) groups is 1. The van der Waals surface area contributed by atoms with Crippen molar-refractivity contribution in [3.8, 4) is 0 Å². The van der Waals surface area contributed by atoms with Crippen molar-refractivity contribution in [2.24, 2.45) is 0 Å². The Morgan fingerprint density at radius 3 is 2.57 bits per heavy atom. The molecule has 2 aliphatic heterocycles. The first-order valence-electron chi connectivity index (χ1n) is 12.3. The highest BCUT2D eigenvalue weighted by Crippen LogP contribution is 2.43. The molecule has 2 fully saturated rings. The van der Waals surface area contributed by atoms with Crippen molar-refractivity contribution in [2.75, 3.05) is 37.7 Å². The molecule has 0 radical (unpaired) electrons. The molecule has 184 valence electrons. The monoisotopic (exact) mass is 553 g/mol. The van der Waals surface area contributed by atoms with Crippen LogP contribution in [0.4, 0.5) is 5.69 Å². The molecular formula is C27H32BrN5OS. The van der Waals surface area contributed by atoms with E-state index in [-0.39, 0.29) is 12.1 Å². The molecule has 2 aliphatic rings. The third-order valence-corrected chi connectivity index (χ3v) is 7.94. The van der Waals surface area contributed by atoms with Gasteiger partial charge >= 0.3 is 0 Å². The minimum atomic E-state index is -0.0327. The number of aryl methyl sites for hydroxylation is 1. The summed E-state index contributed by atoms with van der Waals surface area (Å²) in [5.41, 5.74) is 5.94. The third-order valence-electron chi connectivity index (χ3n) is 7.09. The van der Waals surface area contributed by atoms with Gasteiger partial charge in [-0.25, -0.2) is 0 Å². The zero-order valence-electron chi connectivity index (χ0n) is 20.3. The standard InChI is InChI=1S/C27H32BrN5OS/c1-19-18-23(20(2)32(19)13-5-12-31-14-16-34-17-15-31)26-25(24-6-3-4-11-29-24)30-27(35)33(26)22-9-7-21(28)8-10-22/h3-4,6-11,18,25-26H,5,12-17H2,1-2H3,(H,30,35)/t25-,26+/m1/s1. The Labute approximate surface area is 221 Å². The van der Waals surface area contributed by atoms with Gasteiger partial charge in [-0.05, 0) is 80.5 Å². The summed E-state index contributed by atoms with van der Waals surface area (Å²) < 4.78 is 9.01. The van der Waals surface area contributed by atoms with Crippen LogP contribution in [-0.4, -0.2) is 52.4 Å². The SMILES string of the molecule is Cc1cc([C@H]2[C@@H](c3ccccn3)NC(=S)N2c2ccc(Br)cc2)c(C)n1CCCN1CCOCC1. The number of pyridine rings is 1. The van der Waals surface area contributed by atoms with Gasteiger partial charge in [-0.1, -0.05) is 22.0 Å². The van der Waals surface area contributed by atoms with Crippen molar-refractivity contribution in [2.45, 2.75) is 38.9 Å². The molecule has 5 rings (SSSR count). The van der Waals surface area contributed by atoms with Crippen LogP contribution in [-0.2, 0) is 11.3 Å². The number of hydrogen-bond acceptors (Lipinski definition) is 4. The zero-order valence-corrected chi connectivity index (χ0v) is 22.7. The van der Waals surface area contributed by atoms with Crippen LogP contribution < -0.4 is 10.2 Å². The second-order valence-electron chi connectivity index (χ2n) is 9.26. The van der Waals surface area contributed by atoms with E-state index in [0.29, 0.717) is 0 Å². The predicted octanol–water partition coefficient (Wildman–Crippen LogP) is 5.16. The largest absolute Gasteiger partial charge is 0.379 e. The van der Waals surface area contributed by atoms with Gasteiger partial charge in [-0.3, -0.25) is 9.88 Å². The van der Waals surface area contributed by atoms with E-state index in [0.717, 1.165) is 66.8 Å². The molecule has 2 atom stereocenters. The Morgan fingerprint density at radius 1 is 1.09 bits per heavy atom. The number of aromatic nitrogens is 2. The number of ether oxygens (including phenoxy) is 1. The van der Waals surface area contributed by atoms with Crippen molar-refractivity contribution < 1.29 is 4.74 Å². The topological polar surface area (TPSA) is 45.6 Å². The van der Waals surface area contributed by atoms with Gasteiger partial charge in [-0.15, -0.1) is 0 Å². The Bertz CT molecular complexity index is 1160. The maximum atomic E-state index is 5.89. The fourth-order valence-electron chi connectivity index (χ4n) is 5.30. The van der Waals surface area contributed by atoms with Crippen molar-refractivity contribution in [1.29, 1.82) is 0 Å². The number of anilines is 1. The van der Waals surface area contributed by atoms with E-state index in [9.17, 15) is 0 Å². The van der Waals surface area contributed by atoms with Crippen LogP contribution >= 0.6 is 28.1 Å². The molecule has 0 aliphatic carbocycles. The van der Waals surface area contributed by atoms with Crippen LogP contribution in [0.5, 0.6) is 0 Å². The van der Waals surface area contributed by atoms with E-state index in [1.807, 2.05) is 18.3 Å². The summed E-state index contributed by atoms with van der Waals surface area (Å²) in [5, 5.41) is 4.31. The Kier molecular flexibility index (Phi) is 7.53. The number of morpholine rings is 1.